The van der Waals surface area contributed by atoms with Crippen LogP contribution in [-0.2, 0) is 16.6 Å². The van der Waals surface area contributed by atoms with E-state index in [-0.39, 0.29) is 23.1 Å². The summed E-state index contributed by atoms with van der Waals surface area (Å²) in [6, 6.07) is 16.4. The van der Waals surface area contributed by atoms with Gasteiger partial charge < -0.3 is 15.0 Å². The van der Waals surface area contributed by atoms with Gasteiger partial charge in [0.2, 0.25) is 11.8 Å². The van der Waals surface area contributed by atoms with Crippen LogP contribution in [0.2, 0.25) is 0 Å². The van der Waals surface area contributed by atoms with Crippen LogP contribution in [0.5, 0.6) is 5.75 Å². The molecule has 36 heavy (non-hydrogen) atoms. The molecule has 8 heteroatoms. The molecule has 4 rings (SSSR count). The van der Waals surface area contributed by atoms with E-state index in [4.69, 9.17) is 4.74 Å². The normalized spacial score (nSPS) is 17.8. The second-order valence-electron chi connectivity index (χ2n) is 9.23. The summed E-state index contributed by atoms with van der Waals surface area (Å²) in [6.45, 7) is 4.48. The molecule has 2 aromatic carbocycles. The lowest BCUT2D eigenvalue weighted by molar-refractivity contribution is -0.142. The molecule has 2 atom stereocenters. The van der Waals surface area contributed by atoms with Gasteiger partial charge in [-0.15, -0.1) is 0 Å². The molecule has 0 unspecified atom stereocenters. The minimum Gasteiger partial charge on any atom is -0.497 e. The lowest BCUT2D eigenvalue weighted by atomic mass is 9.83. The van der Waals surface area contributed by atoms with Crippen LogP contribution in [0.15, 0.2) is 59.4 Å². The van der Waals surface area contributed by atoms with Crippen LogP contribution in [0.25, 0.3) is 5.69 Å². The highest BCUT2D eigenvalue weighted by atomic mass is 16.5. The van der Waals surface area contributed by atoms with Gasteiger partial charge in [0.05, 0.1) is 30.5 Å². The average molecular weight is 491 g/mol. The molecule has 1 N–H and O–H groups in total. The van der Waals surface area contributed by atoms with Gasteiger partial charge in [-0.1, -0.05) is 43.7 Å². The first-order valence-electron chi connectivity index (χ1n) is 12.5. The Labute approximate surface area is 211 Å². The average Bonchev–Trinajstić information content (AvgIpc) is 3.11. The van der Waals surface area contributed by atoms with Crippen molar-refractivity contribution in [1.82, 2.24) is 14.3 Å². The number of carbonyl (C=O) groups is 2. The lowest BCUT2D eigenvalue weighted by Gasteiger charge is -2.41. The summed E-state index contributed by atoms with van der Waals surface area (Å²) in [5, 5.41) is 2.94. The van der Waals surface area contributed by atoms with E-state index < -0.39 is 12.0 Å². The highest BCUT2D eigenvalue weighted by molar-refractivity contribution is 5.95. The summed E-state index contributed by atoms with van der Waals surface area (Å²) in [6.07, 6.45) is 2.52. The third kappa shape index (κ3) is 4.80. The summed E-state index contributed by atoms with van der Waals surface area (Å²) in [5.74, 6) is 0.0203. The van der Waals surface area contributed by atoms with E-state index in [1.54, 1.807) is 23.5 Å². The number of unbranched alkanes of at least 4 members (excludes halogenated alkanes) is 1. The Bertz CT molecular complexity index is 1280. The molecular weight excluding hydrogens is 456 g/mol. The summed E-state index contributed by atoms with van der Waals surface area (Å²) in [4.78, 5) is 41.9. The summed E-state index contributed by atoms with van der Waals surface area (Å²) < 4.78 is 8.59. The van der Waals surface area contributed by atoms with Crippen molar-refractivity contribution in [2.75, 3.05) is 19.0 Å². The van der Waals surface area contributed by atoms with Crippen molar-refractivity contribution in [1.29, 1.82) is 0 Å². The van der Waals surface area contributed by atoms with E-state index in [1.807, 2.05) is 66.4 Å². The van der Waals surface area contributed by atoms with Gasteiger partial charge in [0.15, 0.2) is 0 Å². The van der Waals surface area contributed by atoms with E-state index >= 15 is 0 Å². The maximum absolute atomic E-state index is 13.7. The van der Waals surface area contributed by atoms with Crippen molar-refractivity contribution in [2.45, 2.75) is 45.6 Å². The number of ether oxygens (including phenoxy) is 1. The molecule has 1 saturated heterocycles. The summed E-state index contributed by atoms with van der Waals surface area (Å²) >= 11 is 0. The number of benzene rings is 2. The van der Waals surface area contributed by atoms with Gasteiger partial charge >= 0.3 is 0 Å². The molecule has 0 spiro atoms. The van der Waals surface area contributed by atoms with Crippen molar-refractivity contribution >= 4 is 17.5 Å². The smallest absolute Gasteiger partial charge is 0.295 e. The number of hydrogen-bond acceptors (Lipinski definition) is 4. The number of aromatic nitrogens is 2. The van der Waals surface area contributed by atoms with Crippen molar-refractivity contribution in [3.8, 4) is 11.4 Å². The number of carbonyl (C=O) groups excluding carboxylic acids is 2. The standard InChI is InChI=1S/C28H34N4O4/c1-5-6-18-31-24(33)17-16-23(26(31)20-12-14-22(36-4)15-13-20)27(34)29-25-19(2)30(3)32(28(25)35)21-10-8-7-9-11-21/h7-15,23,26H,5-6,16-18H2,1-4H3,(H,29,34)/t23-,26+/m0/s1. The SMILES string of the molecule is CCCCN1C(=O)CC[C@H](C(=O)Nc2c(C)n(C)n(-c3ccccc3)c2=O)[C@H]1c1ccc(OC)cc1. The molecule has 0 saturated carbocycles. The number of anilines is 1. The quantitative estimate of drug-likeness (QED) is 0.513. The van der Waals surface area contributed by atoms with Crippen molar-refractivity contribution in [3.63, 3.8) is 0 Å². The van der Waals surface area contributed by atoms with E-state index in [0.29, 0.717) is 30.8 Å². The molecule has 0 radical (unpaired) electrons. The van der Waals surface area contributed by atoms with Gasteiger partial charge in [0.1, 0.15) is 11.4 Å². The monoisotopic (exact) mass is 490 g/mol. The van der Waals surface area contributed by atoms with Crippen LogP contribution in [0, 0.1) is 12.8 Å². The minimum atomic E-state index is -0.489. The number of likely N-dealkylation sites (tertiary alicyclic amines) is 1. The van der Waals surface area contributed by atoms with Gasteiger partial charge in [0.25, 0.3) is 5.56 Å². The number of nitrogens with one attached hydrogen (secondary N) is 1. The third-order valence-electron chi connectivity index (χ3n) is 7.06. The molecule has 190 valence electrons. The van der Waals surface area contributed by atoms with Crippen LogP contribution < -0.4 is 15.6 Å². The van der Waals surface area contributed by atoms with Gasteiger partial charge in [-0.3, -0.25) is 19.1 Å². The maximum Gasteiger partial charge on any atom is 0.295 e. The molecular formula is C28H34N4O4. The van der Waals surface area contributed by atoms with Gasteiger partial charge in [-0.05, 0) is 49.6 Å². The summed E-state index contributed by atoms with van der Waals surface area (Å²) in [5.41, 5.74) is 2.24. The molecule has 2 amide bonds. The Hall–Kier alpha value is -3.81. The van der Waals surface area contributed by atoms with Crippen LogP contribution in [0.4, 0.5) is 5.69 Å². The number of rotatable bonds is 8. The zero-order valence-electron chi connectivity index (χ0n) is 21.4. The highest BCUT2D eigenvalue weighted by Gasteiger charge is 2.40. The van der Waals surface area contributed by atoms with Crippen molar-refractivity contribution in [2.24, 2.45) is 13.0 Å². The van der Waals surface area contributed by atoms with E-state index in [1.165, 1.54) is 0 Å². The fourth-order valence-corrected chi connectivity index (χ4v) is 4.96. The Morgan fingerprint density at radius 2 is 1.78 bits per heavy atom. The first kappa shape index (κ1) is 25.3. The lowest BCUT2D eigenvalue weighted by Crippen LogP contribution is -2.47. The van der Waals surface area contributed by atoms with Crippen LogP contribution >= 0.6 is 0 Å². The van der Waals surface area contributed by atoms with E-state index in [0.717, 1.165) is 24.1 Å². The first-order chi connectivity index (χ1) is 17.4. The second-order valence-corrected chi connectivity index (χ2v) is 9.23. The minimum absolute atomic E-state index is 0.0515. The molecule has 1 aromatic heterocycles. The number of nitrogens with zero attached hydrogens (tertiary/aromatic N) is 3. The predicted octanol–water partition coefficient (Wildman–Crippen LogP) is 4.21. The number of piperidine rings is 1. The Balaban J connectivity index is 1.69. The Morgan fingerprint density at radius 1 is 1.08 bits per heavy atom. The zero-order valence-corrected chi connectivity index (χ0v) is 21.4. The van der Waals surface area contributed by atoms with Gasteiger partial charge in [0, 0.05) is 20.0 Å². The van der Waals surface area contributed by atoms with Crippen LogP contribution in [0.3, 0.4) is 0 Å². The molecule has 0 aliphatic carbocycles. The highest BCUT2D eigenvalue weighted by Crippen LogP contribution is 2.38. The second kappa shape index (κ2) is 10.8. The Morgan fingerprint density at radius 3 is 2.42 bits per heavy atom. The van der Waals surface area contributed by atoms with E-state index in [2.05, 4.69) is 12.2 Å². The number of methoxy groups -OCH3 is 1. The largest absolute Gasteiger partial charge is 0.497 e. The zero-order chi connectivity index (χ0) is 25.8. The molecule has 1 aliphatic heterocycles. The third-order valence-corrected chi connectivity index (χ3v) is 7.06. The van der Waals surface area contributed by atoms with Crippen molar-refractivity contribution < 1.29 is 14.3 Å². The number of para-hydroxylation sites is 1. The number of hydrogen-bond donors (Lipinski definition) is 1. The topological polar surface area (TPSA) is 85.6 Å². The van der Waals surface area contributed by atoms with Crippen LogP contribution in [0.1, 0.15) is 49.9 Å². The fourth-order valence-electron chi connectivity index (χ4n) is 4.96. The molecule has 2 heterocycles. The fraction of sp³-hybridized carbons (Fsp3) is 0.393. The molecule has 1 fully saturated rings. The molecule has 1 aliphatic rings. The van der Waals surface area contributed by atoms with Gasteiger partial charge in [-0.2, -0.15) is 0 Å². The predicted molar refractivity (Wildman–Crippen MR) is 139 cm³/mol. The van der Waals surface area contributed by atoms with Gasteiger partial charge in [-0.25, -0.2) is 4.68 Å². The van der Waals surface area contributed by atoms with E-state index in [9.17, 15) is 14.4 Å². The molecule has 3 aromatic rings. The molecule has 8 nitrogen and oxygen atoms in total. The first-order valence-corrected chi connectivity index (χ1v) is 12.5. The van der Waals surface area contributed by atoms with Crippen LogP contribution in [-0.4, -0.2) is 39.7 Å². The number of amides is 2. The molecule has 0 bridgehead atoms. The maximum atomic E-state index is 13.7. The Kier molecular flexibility index (Phi) is 7.62. The van der Waals surface area contributed by atoms with Crippen molar-refractivity contribution in [3.05, 3.63) is 76.2 Å². The summed E-state index contributed by atoms with van der Waals surface area (Å²) in [7, 11) is 3.40.